The van der Waals surface area contributed by atoms with Crippen LogP contribution in [0.15, 0.2) is 89.8 Å². The van der Waals surface area contributed by atoms with E-state index in [0.717, 1.165) is 45.8 Å². The second kappa shape index (κ2) is 14.2. The summed E-state index contributed by atoms with van der Waals surface area (Å²) in [5.41, 5.74) is 2.12. The first kappa shape index (κ1) is 30.8. The summed E-state index contributed by atoms with van der Waals surface area (Å²) in [5.74, 6) is -1.17. The van der Waals surface area contributed by atoms with E-state index in [1.807, 2.05) is 43.3 Å². The molecule has 4 aromatic carbocycles. The molecule has 1 saturated heterocycles. The molecular formula is C34H29ClN2O6S. The number of benzene rings is 4. The number of carbonyl (C=O) groups excluding carboxylic acids is 4. The van der Waals surface area contributed by atoms with Gasteiger partial charge in [0.2, 0.25) is 5.91 Å². The molecular weight excluding hydrogens is 600 g/mol. The predicted octanol–water partition coefficient (Wildman–Crippen LogP) is 7.70. The summed E-state index contributed by atoms with van der Waals surface area (Å²) in [6, 6.07) is 25.8. The largest absolute Gasteiger partial charge is 0.489 e. The third-order valence-corrected chi connectivity index (χ3v) is 8.04. The van der Waals surface area contributed by atoms with Crippen LogP contribution in [0.3, 0.4) is 0 Å². The summed E-state index contributed by atoms with van der Waals surface area (Å²) in [6.07, 6.45) is 3.19. The SMILES string of the molecule is CCCCOC(=O)c1cc(NC(=O)CN2C(=O)S/C(=C/c3cccc(OCc4cccc5ccccc45)c3)C2=O)ccc1Cl. The molecule has 3 amide bonds. The Kier molecular flexibility index (Phi) is 9.99. The molecule has 8 nitrogen and oxygen atoms in total. The van der Waals surface area contributed by atoms with Crippen LogP contribution >= 0.6 is 23.4 Å². The van der Waals surface area contributed by atoms with E-state index in [9.17, 15) is 19.2 Å². The number of rotatable bonds is 11. The van der Waals surface area contributed by atoms with Gasteiger partial charge in [-0.1, -0.05) is 79.5 Å². The summed E-state index contributed by atoms with van der Waals surface area (Å²) in [7, 11) is 0. The molecule has 0 bridgehead atoms. The Balaban J connectivity index is 1.21. The van der Waals surface area contributed by atoms with Gasteiger partial charge in [-0.2, -0.15) is 0 Å². The molecule has 1 fully saturated rings. The van der Waals surface area contributed by atoms with Crippen LogP contribution in [-0.4, -0.2) is 41.1 Å². The van der Waals surface area contributed by atoms with Gasteiger partial charge in [-0.05, 0) is 76.5 Å². The van der Waals surface area contributed by atoms with E-state index in [0.29, 0.717) is 17.9 Å². The first-order chi connectivity index (χ1) is 21.3. The Labute approximate surface area is 264 Å². The third-order valence-electron chi connectivity index (χ3n) is 6.81. The molecule has 0 aliphatic carbocycles. The number of carbonyl (C=O) groups is 4. The maximum Gasteiger partial charge on any atom is 0.339 e. The summed E-state index contributed by atoms with van der Waals surface area (Å²) in [5, 5.41) is 4.49. The number of unbranched alkanes of at least 4 members (excludes halogenated alkanes) is 1. The Bertz CT molecular complexity index is 1770. The van der Waals surface area contributed by atoms with Crippen molar-refractivity contribution < 1.29 is 28.7 Å². The van der Waals surface area contributed by atoms with Crippen LogP contribution < -0.4 is 10.1 Å². The topological polar surface area (TPSA) is 102 Å². The number of nitrogens with one attached hydrogen (secondary N) is 1. The van der Waals surface area contributed by atoms with Gasteiger partial charge in [-0.15, -0.1) is 0 Å². The van der Waals surface area contributed by atoms with Gasteiger partial charge in [-0.25, -0.2) is 4.79 Å². The summed E-state index contributed by atoms with van der Waals surface area (Å²) in [4.78, 5) is 51.9. The lowest BCUT2D eigenvalue weighted by Crippen LogP contribution is -2.36. The van der Waals surface area contributed by atoms with E-state index in [1.165, 1.54) is 18.2 Å². The van der Waals surface area contributed by atoms with E-state index in [4.69, 9.17) is 21.1 Å². The van der Waals surface area contributed by atoms with Gasteiger partial charge in [0.1, 0.15) is 18.9 Å². The van der Waals surface area contributed by atoms with Gasteiger partial charge in [0, 0.05) is 5.69 Å². The Morgan fingerprint density at radius 1 is 0.977 bits per heavy atom. The van der Waals surface area contributed by atoms with Gasteiger partial charge in [0.25, 0.3) is 11.1 Å². The normalized spacial score (nSPS) is 13.9. The quantitative estimate of drug-likeness (QED) is 0.103. The Hall–Kier alpha value is -4.60. The number of hydrogen-bond donors (Lipinski definition) is 1. The highest BCUT2D eigenvalue weighted by Crippen LogP contribution is 2.33. The van der Waals surface area contributed by atoms with E-state index >= 15 is 0 Å². The molecule has 0 aromatic heterocycles. The van der Waals surface area contributed by atoms with Crippen LogP contribution in [0.25, 0.3) is 16.8 Å². The smallest absolute Gasteiger partial charge is 0.339 e. The van der Waals surface area contributed by atoms with Crippen molar-refractivity contribution in [2.75, 3.05) is 18.5 Å². The molecule has 1 N–H and O–H groups in total. The van der Waals surface area contributed by atoms with Gasteiger partial charge >= 0.3 is 5.97 Å². The predicted molar refractivity (Wildman–Crippen MR) is 173 cm³/mol. The van der Waals surface area contributed by atoms with Crippen LogP contribution in [0.2, 0.25) is 5.02 Å². The monoisotopic (exact) mass is 628 g/mol. The first-order valence-corrected chi connectivity index (χ1v) is 15.2. The van der Waals surface area contributed by atoms with E-state index in [2.05, 4.69) is 23.5 Å². The van der Waals surface area contributed by atoms with Crippen molar-refractivity contribution in [2.45, 2.75) is 26.4 Å². The minimum absolute atomic E-state index is 0.109. The van der Waals surface area contributed by atoms with Crippen molar-refractivity contribution in [3.05, 3.63) is 112 Å². The zero-order valence-electron chi connectivity index (χ0n) is 23.9. The van der Waals surface area contributed by atoms with E-state index < -0.39 is 29.6 Å². The number of hydrogen-bond acceptors (Lipinski definition) is 7. The van der Waals surface area contributed by atoms with Crippen LogP contribution in [0.5, 0.6) is 5.75 Å². The minimum atomic E-state index is -0.606. The Morgan fingerprint density at radius 2 is 1.77 bits per heavy atom. The number of fused-ring (bicyclic) bond motifs is 1. The summed E-state index contributed by atoms with van der Waals surface area (Å²) in [6.45, 7) is 2.12. The Morgan fingerprint density at radius 3 is 2.61 bits per heavy atom. The second-order valence-corrected chi connectivity index (χ2v) is 11.4. The number of esters is 1. The van der Waals surface area contributed by atoms with Gasteiger partial charge in [0.05, 0.1) is 22.1 Å². The zero-order valence-corrected chi connectivity index (χ0v) is 25.5. The van der Waals surface area contributed by atoms with Crippen LogP contribution in [0.4, 0.5) is 10.5 Å². The molecule has 0 atom stereocenters. The van der Waals surface area contributed by atoms with Crippen molar-refractivity contribution in [2.24, 2.45) is 0 Å². The molecule has 0 radical (unpaired) electrons. The van der Waals surface area contributed by atoms with Gasteiger partial charge in [-0.3, -0.25) is 19.3 Å². The van der Waals surface area contributed by atoms with Crippen molar-refractivity contribution in [1.29, 1.82) is 0 Å². The minimum Gasteiger partial charge on any atom is -0.489 e. The number of amides is 3. The molecule has 0 spiro atoms. The standard InChI is InChI=1S/C34H29ClN2O6S/c1-2-3-16-42-33(40)28-19-25(14-15-29(28)35)36-31(38)20-37-32(39)30(44-34(37)41)18-22-8-6-12-26(17-22)43-21-24-11-7-10-23-9-4-5-13-27(23)24/h4-15,17-19H,2-3,16,20-21H2,1H3,(H,36,38)/b30-18+. The fraction of sp³-hybridized carbons (Fsp3) is 0.176. The van der Waals surface area contributed by atoms with Crippen molar-refractivity contribution >= 4 is 68.9 Å². The summed E-state index contributed by atoms with van der Waals surface area (Å²) >= 11 is 6.91. The molecule has 10 heteroatoms. The highest BCUT2D eigenvalue weighted by Gasteiger charge is 2.36. The summed E-state index contributed by atoms with van der Waals surface area (Å²) < 4.78 is 11.3. The lowest BCUT2D eigenvalue weighted by molar-refractivity contribution is -0.127. The zero-order chi connectivity index (χ0) is 31.1. The maximum atomic E-state index is 13.1. The van der Waals surface area contributed by atoms with Crippen LogP contribution in [0, 0.1) is 0 Å². The first-order valence-electron chi connectivity index (χ1n) is 14.0. The molecule has 0 saturated carbocycles. The van der Waals surface area contributed by atoms with Crippen molar-refractivity contribution in [1.82, 2.24) is 4.90 Å². The molecule has 4 aromatic rings. The van der Waals surface area contributed by atoms with Crippen LogP contribution in [0.1, 0.15) is 41.3 Å². The van der Waals surface area contributed by atoms with Gasteiger partial charge < -0.3 is 14.8 Å². The third kappa shape index (κ3) is 7.48. The van der Waals surface area contributed by atoms with Crippen molar-refractivity contribution in [3.63, 3.8) is 0 Å². The molecule has 1 aliphatic heterocycles. The maximum absolute atomic E-state index is 13.1. The lowest BCUT2D eigenvalue weighted by Gasteiger charge is -2.13. The number of imide groups is 1. The highest BCUT2D eigenvalue weighted by molar-refractivity contribution is 8.18. The number of nitrogens with zero attached hydrogens (tertiary/aromatic N) is 1. The van der Waals surface area contributed by atoms with E-state index in [-0.39, 0.29) is 27.8 Å². The molecule has 1 aliphatic rings. The fourth-order valence-corrected chi connectivity index (χ4v) is 5.58. The number of ether oxygens (including phenoxy) is 2. The lowest BCUT2D eigenvalue weighted by atomic mass is 10.1. The highest BCUT2D eigenvalue weighted by atomic mass is 35.5. The molecule has 224 valence electrons. The van der Waals surface area contributed by atoms with Gasteiger partial charge in [0.15, 0.2) is 0 Å². The average molecular weight is 629 g/mol. The number of anilines is 1. The molecule has 44 heavy (non-hydrogen) atoms. The average Bonchev–Trinajstić information content (AvgIpc) is 3.28. The second-order valence-electron chi connectivity index (χ2n) is 10.00. The number of thioether (sulfide) groups is 1. The molecule has 0 unspecified atom stereocenters. The molecule has 5 rings (SSSR count). The van der Waals surface area contributed by atoms with E-state index in [1.54, 1.807) is 18.2 Å². The van der Waals surface area contributed by atoms with Crippen molar-refractivity contribution in [3.8, 4) is 5.75 Å². The fourth-order valence-electron chi connectivity index (χ4n) is 4.55. The van der Waals surface area contributed by atoms with Crippen LogP contribution in [-0.2, 0) is 20.9 Å². The molecule has 1 heterocycles. The number of halogens is 1.